The lowest BCUT2D eigenvalue weighted by Crippen LogP contribution is -2.27. The molecule has 4 aromatic rings. The first-order valence-electron chi connectivity index (χ1n) is 8.88. The number of aromatic nitrogens is 3. The Bertz CT molecular complexity index is 1190. The summed E-state index contributed by atoms with van der Waals surface area (Å²) in [5.74, 6) is -0.0422. The molecule has 0 unspecified atom stereocenters. The van der Waals surface area contributed by atoms with Gasteiger partial charge in [-0.25, -0.2) is 4.98 Å². The number of aryl methyl sites for hydroxylation is 1. The number of benzene rings is 2. The van der Waals surface area contributed by atoms with E-state index in [1.807, 2.05) is 18.2 Å². The highest BCUT2D eigenvalue weighted by atomic mass is 16.1. The van der Waals surface area contributed by atoms with E-state index >= 15 is 0 Å². The van der Waals surface area contributed by atoms with E-state index in [-0.39, 0.29) is 11.5 Å². The van der Waals surface area contributed by atoms with Crippen molar-refractivity contribution in [2.24, 2.45) is 7.05 Å². The zero-order valence-corrected chi connectivity index (χ0v) is 15.0. The van der Waals surface area contributed by atoms with E-state index in [9.17, 15) is 9.59 Å². The molecule has 0 saturated carbocycles. The van der Waals surface area contributed by atoms with Crippen LogP contribution in [-0.4, -0.2) is 27.0 Å². The van der Waals surface area contributed by atoms with E-state index in [1.54, 1.807) is 0 Å². The van der Waals surface area contributed by atoms with Gasteiger partial charge >= 0.3 is 0 Å². The van der Waals surface area contributed by atoms with E-state index in [4.69, 9.17) is 0 Å². The number of H-pyrrole nitrogens is 1. The van der Waals surface area contributed by atoms with Crippen molar-refractivity contribution in [2.45, 2.75) is 12.8 Å². The third kappa shape index (κ3) is 3.46. The van der Waals surface area contributed by atoms with E-state index in [0.29, 0.717) is 25.1 Å². The standard InChI is InChI=1S/C21H20N4O2/c1-25-18-5-3-2-4-16(18)17-10-14(6-7-19(17)25)11-20(26)22-9-8-15-12-21(27)24-13-23-15/h2-7,10,12-13H,8-9,11H2,1H3,(H,22,26)(H,23,24,27). The second kappa shape index (κ2) is 7.07. The number of carbonyl (C=O) groups excluding carboxylic acids is 1. The number of aromatic amines is 1. The third-order valence-corrected chi connectivity index (χ3v) is 4.78. The van der Waals surface area contributed by atoms with E-state index in [0.717, 1.165) is 16.5 Å². The van der Waals surface area contributed by atoms with Crippen molar-refractivity contribution in [3.05, 3.63) is 76.5 Å². The van der Waals surface area contributed by atoms with Crippen LogP contribution in [0.15, 0.2) is 59.7 Å². The molecule has 0 fully saturated rings. The molecule has 2 heterocycles. The first kappa shape index (κ1) is 17.0. The van der Waals surface area contributed by atoms with Crippen LogP contribution in [0.4, 0.5) is 0 Å². The van der Waals surface area contributed by atoms with Crippen LogP contribution in [0.2, 0.25) is 0 Å². The Morgan fingerprint density at radius 2 is 1.93 bits per heavy atom. The van der Waals surface area contributed by atoms with Gasteiger partial charge in [0.2, 0.25) is 5.91 Å². The molecule has 27 heavy (non-hydrogen) atoms. The van der Waals surface area contributed by atoms with Crippen LogP contribution in [0.5, 0.6) is 0 Å². The van der Waals surface area contributed by atoms with Gasteiger partial charge in [-0.3, -0.25) is 9.59 Å². The average molecular weight is 360 g/mol. The normalized spacial score (nSPS) is 11.1. The molecule has 2 aromatic heterocycles. The van der Waals surface area contributed by atoms with Crippen LogP contribution in [0.1, 0.15) is 11.3 Å². The lowest BCUT2D eigenvalue weighted by molar-refractivity contribution is -0.120. The molecule has 136 valence electrons. The molecular formula is C21H20N4O2. The number of para-hydroxylation sites is 1. The van der Waals surface area contributed by atoms with E-state index in [1.165, 1.54) is 23.3 Å². The quantitative estimate of drug-likeness (QED) is 0.573. The molecule has 6 nitrogen and oxygen atoms in total. The highest BCUT2D eigenvalue weighted by molar-refractivity contribution is 6.08. The number of hydrogen-bond acceptors (Lipinski definition) is 3. The lowest BCUT2D eigenvalue weighted by Gasteiger charge is -2.06. The van der Waals surface area contributed by atoms with Gasteiger partial charge in [-0.1, -0.05) is 24.3 Å². The molecule has 1 amide bonds. The molecule has 0 aliphatic rings. The Labute approximate surface area is 155 Å². The Balaban J connectivity index is 1.46. The summed E-state index contributed by atoms with van der Waals surface area (Å²) in [6.07, 6.45) is 2.22. The van der Waals surface area contributed by atoms with Crippen molar-refractivity contribution in [1.29, 1.82) is 0 Å². The highest BCUT2D eigenvalue weighted by Gasteiger charge is 2.10. The molecule has 0 saturated heterocycles. The van der Waals surface area contributed by atoms with Gasteiger partial charge in [0.05, 0.1) is 12.7 Å². The van der Waals surface area contributed by atoms with Crippen LogP contribution in [0.3, 0.4) is 0 Å². The molecule has 0 bridgehead atoms. The Hall–Kier alpha value is -3.41. The monoisotopic (exact) mass is 360 g/mol. The fourth-order valence-electron chi connectivity index (χ4n) is 3.45. The topological polar surface area (TPSA) is 79.8 Å². The summed E-state index contributed by atoms with van der Waals surface area (Å²) in [5, 5.41) is 5.24. The van der Waals surface area contributed by atoms with E-state index < -0.39 is 0 Å². The molecule has 6 heteroatoms. The predicted molar refractivity (Wildman–Crippen MR) is 106 cm³/mol. The van der Waals surface area contributed by atoms with Crippen LogP contribution >= 0.6 is 0 Å². The summed E-state index contributed by atoms with van der Waals surface area (Å²) in [7, 11) is 2.06. The Morgan fingerprint density at radius 3 is 2.78 bits per heavy atom. The molecule has 2 aromatic carbocycles. The van der Waals surface area contributed by atoms with Gasteiger partial charge in [0.1, 0.15) is 0 Å². The zero-order chi connectivity index (χ0) is 18.8. The predicted octanol–water partition coefficient (Wildman–Crippen LogP) is 2.32. The van der Waals surface area contributed by atoms with Crippen LogP contribution < -0.4 is 10.9 Å². The number of amides is 1. The lowest BCUT2D eigenvalue weighted by atomic mass is 10.1. The summed E-state index contributed by atoms with van der Waals surface area (Å²) >= 11 is 0. The van der Waals surface area contributed by atoms with Gasteiger partial charge in [0.15, 0.2) is 0 Å². The van der Waals surface area contributed by atoms with Gasteiger partial charge in [-0.15, -0.1) is 0 Å². The average Bonchev–Trinajstić information content (AvgIpc) is 2.94. The van der Waals surface area contributed by atoms with Gasteiger partial charge in [0.25, 0.3) is 5.56 Å². The first-order chi connectivity index (χ1) is 13.1. The molecule has 0 atom stereocenters. The van der Waals surface area contributed by atoms with Crippen molar-refractivity contribution in [3.63, 3.8) is 0 Å². The van der Waals surface area contributed by atoms with Crippen molar-refractivity contribution < 1.29 is 4.79 Å². The summed E-state index contributed by atoms with van der Waals surface area (Å²) < 4.78 is 2.17. The van der Waals surface area contributed by atoms with Crippen LogP contribution in [-0.2, 0) is 24.7 Å². The largest absolute Gasteiger partial charge is 0.355 e. The minimum absolute atomic E-state index is 0.0422. The van der Waals surface area contributed by atoms with Crippen LogP contribution in [0.25, 0.3) is 21.8 Å². The molecule has 4 rings (SSSR count). The van der Waals surface area contributed by atoms with Crippen LogP contribution in [0, 0.1) is 0 Å². The highest BCUT2D eigenvalue weighted by Crippen LogP contribution is 2.28. The second-order valence-corrected chi connectivity index (χ2v) is 6.61. The van der Waals surface area contributed by atoms with Crippen molar-refractivity contribution in [2.75, 3.05) is 6.54 Å². The number of rotatable bonds is 5. The molecule has 0 spiro atoms. The number of fused-ring (bicyclic) bond motifs is 3. The Kier molecular flexibility index (Phi) is 4.46. The summed E-state index contributed by atoms with van der Waals surface area (Å²) in [4.78, 5) is 30.1. The molecule has 0 aliphatic heterocycles. The number of carbonyl (C=O) groups is 1. The van der Waals surface area contributed by atoms with Gasteiger partial charge in [0, 0.05) is 53.6 Å². The summed E-state index contributed by atoms with van der Waals surface area (Å²) in [5.41, 5.74) is 3.79. The molecular weight excluding hydrogens is 340 g/mol. The van der Waals surface area contributed by atoms with Crippen molar-refractivity contribution in [1.82, 2.24) is 19.9 Å². The van der Waals surface area contributed by atoms with Gasteiger partial charge in [-0.05, 0) is 23.8 Å². The maximum Gasteiger partial charge on any atom is 0.250 e. The molecule has 0 radical (unpaired) electrons. The number of nitrogens with one attached hydrogen (secondary N) is 2. The maximum atomic E-state index is 12.3. The number of nitrogens with zero attached hydrogens (tertiary/aromatic N) is 2. The second-order valence-electron chi connectivity index (χ2n) is 6.61. The maximum absolute atomic E-state index is 12.3. The van der Waals surface area contributed by atoms with Gasteiger partial charge in [-0.2, -0.15) is 0 Å². The van der Waals surface area contributed by atoms with Gasteiger partial charge < -0.3 is 14.9 Å². The minimum Gasteiger partial charge on any atom is -0.355 e. The summed E-state index contributed by atoms with van der Waals surface area (Å²) in [6, 6.07) is 15.9. The fraction of sp³-hybridized carbons (Fsp3) is 0.190. The van der Waals surface area contributed by atoms with Crippen molar-refractivity contribution in [3.8, 4) is 0 Å². The third-order valence-electron chi connectivity index (χ3n) is 4.78. The van der Waals surface area contributed by atoms with Crippen molar-refractivity contribution >= 4 is 27.7 Å². The number of hydrogen-bond donors (Lipinski definition) is 2. The SMILES string of the molecule is Cn1c2ccccc2c2cc(CC(=O)NCCc3cc(=O)[nH]cn3)ccc21. The zero-order valence-electron chi connectivity index (χ0n) is 15.0. The summed E-state index contributed by atoms with van der Waals surface area (Å²) in [6.45, 7) is 0.450. The Morgan fingerprint density at radius 1 is 1.11 bits per heavy atom. The first-order valence-corrected chi connectivity index (χ1v) is 8.88. The minimum atomic E-state index is -0.185. The molecule has 2 N–H and O–H groups in total. The van der Waals surface area contributed by atoms with E-state index in [2.05, 4.69) is 51.2 Å². The smallest absolute Gasteiger partial charge is 0.250 e. The molecule has 0 aliphatic carbocycles. The fourth-order valence-corrected chi connectivity index (χ4v) is 3.45.